The van der Waals surface area contributed by atoms with E-state index in [1.807, 2.05) is 6.07 Å². The minimum atomic E-state index is -0.158. The number of halogens is 1. The molecule has 26 heavy (non-hydrogen) atoms. The van der Waals surface area contributed by atoms with Crippen molar-refractivity contribution in [2.75, 3.05) is 12.4 Å². The number of carbonyl (C=O) groups excluding carboxylic acids is 1. The lowest BCUT2D eigenvalue weighted by Gasteiger charge is -2.18. The number of ether oxygens (including phenoxy) is 1. The Bertz CT molecular complexity index is 954. The molecule has 0 radical (unpaired) electrons. The highest BCUT2D eigenvalue weighted by molar-refractivity contribution is 6.31. The Balaban J connectivity index is 1.85. The number of methoxy groups -OCH3 is 1. The molecule has 1 aromatic heterocycles. The Kier molecular flexibility index (Phi) is 4.97. The average molecular weight is 372 g/mol. The Labute approximate surface area is 158 Å². The second kappa shape index (κ2) is 7.04. The Morgan fingerprint density at radius 1 is 1.19 bits per heavy atom. The molecule has 0 spiro atoms. The lowest BCUT2D eigenvalue weighted by Crippen LogP contribution is -2.15. The Morgan fingerprint density at radius 2 is 1.96 bits per heavy atom. The van der Waals surface area contributed by atoms with Crippen molar-refractivity contribution in [1.82, 2.24) is 0 Å². The number of benzene rings is 2. The van der Waals surface area contributed by atoms with Gasteiger partial charge in [0, 0.05) is 16.0 Å². The van der Waals surface area contributed by atoms with E-state index in [0.717, 1.165) is 16.5 Å². The van der Waals surface area contributed by atoms with Crippen LogP contribution in [0, 0.1) is 0 Å². The zero-order valence-electron chi connectivity index (χ0n) is 15.4. The lowest BCUT2D eigenvalue weighted by molar-refractivity contribution is -0.115. The Morgan fingerprint density at radius 3 is 2.65 bits per heavy atom. The van der Waals surface area contributed by atoms with Gasteiger partial charge in [0.05, 0.1) is 25.5 Å². The van der Waals surface area contributed by atoms with Crippen LogP contribution in [-0.2, 0) is 16.6 Å². The first-order valence-electron chi connectivity index (χ1n) is 8.42. The van der Waals surface area contributed by atoms with Crippen LogP contribution in [0.3, 0.4) is 0 Å². The number of anilines is 1. The summed E-state index contributed by atoms with van der Waals surface area (Å²) in [5.74, 6) is 0.407. The summed E-state index contributed by atoms with van der Waals surface area (Å²) in [6.45, 7) is 6.48. The predicted molar refractivity (Wildman–Crippen MR) is 105 cm³/mol. The van der Waals surface area contributed by atoms with Gasteiger partial charge >= 0.3 is 0 Å². The molecule has 0 saturated heterocycles. The van der Waals surface area contributed by atoms with Gasteiger partial charge < -0.3 is 14.5 Å². The number of hydrogen-bond acceptors (Lipinski definition) is 3. The molecule has 0 aliphatic carbocycles. The molecule has 2 aromatic carbocycles. The van der Waals surface area contributed by atoms with Gasteiger partial charge in [0.1, 0.15) is 11.3 Å². The van der Waals surface area contributed by atoms with Gasteiger partial charge in [-0.15, -0.1) is 0 Å². The maximum Gasteiger partial charge on any atom is 0.229 e. The molecule has 0 atom stereocenters. The molecule has 136 valence electrons. The number of amides is 1. The number of nitrogens with one attached hydrogen (secondary N) is 1. The number of hydrogen-bond donors (Lipinski definition) is 1. The molecule has 5 heteroatoms. The number of rotatable bonds is 4. The molecule has 1 N–H and O–H groups in total. The summed E-state index contributed by atoms with van der Waals surface area (Å²) in [6, 6.07) is 11.2. The van der Waals surface area contributed by atoms with E-state index in [-0.39, 0.29) is 17.7 Å². The normalized spacial score (nSPS) is 11.6. The standard InChI is InChI=1S/C21H22ClNO3/c1-21(2,3)14-5-7-18-16(10-14)13(12-26-18)9-20(24)23-17-11-15(22)6-8-19(17)25-4/h5-8,10-12H,9H2,1-4H3,(H,23,24). The molecular formula is C21H22ClNO3. The van der Waals surface area contributed by atoms with Crippen LogP contribution in [0.25, 0.3) is 11.0 Å². The molecule has 4 nitrogen and oxygen atoms in total. The van der Waals surface area contributed by atoms with Crippen LogP contribution in [0.2, 0.25) is 5.02 Å². The second-order valence-corrected chi connectivity index (χ2v) is 7.73. The third-order valence-corrected chi connectivity index (χ3v) is 4.54. The lowest BCUT2D eigenvalue weighted by atomic mass is 9.86. The molecule has 1 amide bonds. The Hall–Kier alpha value is -2.46. The summed E-state index contributed by atoms with van der Waals surface area (Å²) in [5.41, 5.74) is 3.41. The average Bonchev–Trinajstić information content (AvgIpc) is 2.96. The van der Waals surface area contributed by atoms with Crippen molar-refractivity contribution in [3.8, 4) is 5.75 Å². The minimum absolute atomic E-state index is 0.0269. The van der Waals surface area contributed by atoms with E-state index in [1.165, 1.54) is 5.56 Å². The zero-order valence-corrected chi connectivity index (χ0v) is 16.1. The van der Waals surface area contributed by atoms with Crippen LogP contribution >= 0.6 is 11.6 Å². The van der Waals surface area contributed by atoms with Crippen molar-refractivity contribution in [2.45, 2.75) is 32.6 Å². The summed E-state index contributed by atoms with van der Waals surface area (Å²) in [4.78, 5) is 12.5. The highest BCUT2D eigenvalue weighted by Crippen LogP contribution is 2.30. The number of carbonyl (C=O) groups is 1. The van der Waals surface area contributed by atoms with Crippen molar-refractivity contribution in [3.05, 3.63) is 58.8 Å². The van der Waals surface area contributed by atoms with E-state index in [9.17, 15) is 4.79 Å². The third-order valence-electron chi connectivity index (χ3n) is 4.31. The van der Waals surface area contributed by atoms with Gasteiger partial charge in [0.15, 0.2) is 0 Å². The first-order valence-corrected chi connectivity index (χ1v) is 8.80. The van der Waals surface area contributed by atoms with Crippen molar-refractivity contribution >= 4 is 34.2 Å². The van der Waals surface area contributed by atoms with Crippen LogP contribution in [-0.4, -0.2) is 13.0 Å². The van der Waals surface area contributed by atoms with E-state index in [2.05, 4.69) is 38.2 Å². The number of fused-ring (bicyclic) bond motifs is 1. The van der Waals surface area contributed by atoms with E-state index in [4.69, 9.17) is 20.8 Å². The van der Waals surface area contributed by atoms with E-state index < -0.39 is 0 Å². The summed E-state index contributed by atoms with van der Waals surface area (Å²) in [5, 5.41) is 4.36. The summed E-state index contributed by atoms with van der Waals surface area (Å²) in [6.07, 6.45) is 1.85. The van der Waals surface area contributed by atoms with Gasteiger partial charge in [-0.1, -0.05) is 38.4 Å². The topological polar surface area (TPSA) is 51.5 Å². The van der Waals surface area contributed by atoms with Crippen LogP contribution < -0.4 is 10.1 Å². The van der Waals surface area contributed by atoms with Crippen LogP contribution in [0.15, 0.2) is 47.1 Å². The number of furan rings is 1. The smallest absolute Gasteiger partial charge is 0.229 e. The van der Waals surface area contributed by atoms with Gasteiger partial charge in [-0.3, -0.25) is 4.79 Å². The molecule has 0 aliphatic rings. The molecule has 0 bridgehead atoms. The van der Waals surface area contributed by atoms with Crippen LogP contribution in [0.5, 0.6) is 5.75 Å². The molecule has 0 saturated carbocycles. The molecule has 3 aromatic rings. The van der Waals surface area contributed by atoms with E-state index >= 15 is 0 Å². The summed E-state index contributed by atoms with van der Waals surface area (Å²) >= 11 is 6.02. The first kappa shape index (κ1) is 18.3. The third kappa shape index (κ3) is 3.86. The molecule has 3 rings (SSSR count). The van der Waals surface area contributed by atoms with E-state index in [0.29, 0.717) is 16.5 Å². The van der Waals surface area contributed by atoms with E-state index in [1.54, 1.807) is 31.6 Å². The van der Waals surface area contributed by atoms with Crippen LogP contribution in [0.1, 0.15) is 31.9 Å². The van der Waals surface area contributed by atoms with Gasteiger partial charge in [0.2, 0.25) is 5.91 Å². The predicted octanol–water partition coefficient (Wildman–Crippen LogP) is 5.57. The fraction of sp³-hybridized carbons (Fsp3) is 0.286. The second-order valence-electron chi connectivity index (χ2n) is 7.29. The van der Waals surface area contributed by atoms with Crippen molar-refractivity contribution in [2.24, 2.45) is 0 Å². The maximum absolute atomic E-state index is 12.5. The van der Waals surface area contributed by atoms with Gasteiger partial charge in [-0.25, -0.2) is 0 Å². The molecule has 0 fully saturated rings. The fourth-order valence-electron chi connectivity index (χ4n) is 2.83. The zero-order chi connectivity index (χ0) is 18.9. The maximum atomic E-state index is 12.5. The molecule has 0 aliphatic heterocycles. The van der Waals surface area contributed by atoms with Crippen LogP contribution in [0.4, 0.5) is 5.69 Å². The molecule has 0 unspecified atom stereocenters. The highest BCUT2D eigenvalue weighted by atomic mass is 35.5. The first-order chi connectivity index (χ1) is 12.3. The van der Waals surface area contributed by atoms with Gasteiger partial charge in [0.25, 0.3) is 0 Å². The summed E-state index contributed by atoms with van der Waals surface area (Å²) in [7, 11) is 1.55. The molecular weight excluding hydrogens is 350 g/mol. The SMILES string of the molecule is COc1ccc(Cl)cc1NC(=O)Cc1coc2ccc(C(C)(C)C)cc12. The van der Waals surface area contributed by atoms with Gasteiger partial charge in [-0.2, -0.15) is 0 Å². The molecule has 1 heterocycles. The van der Waals surface area contributed by atoms with Gasteiger partial charge in [-0.05, 0) is 41.3 Å². The largest absolute Gasteiger partial charge is 0.495 e. The van der Waals surface area contributed by atoms with Crippen molar-refractivity contribution < 1.29 is 13.9 Å². The minimum Gasteiger partial charge on any atom is -0.495 e. The summed E-state index contributed by atoms with van der Waals surface area (Å²) < 4.78 is 10.9. The fourth-order valence-corrected chi connectivity index (χ4v) is 3.00. The monoisotopic (exact) mass is 371 g/mol. The quantitative estimate of drug-likeness (QED) is 0.651. The van der Waals surface area contributed by atoms with Crippen molar-refractivity contribution in [3.63, 3.8) is 0 Å². The van der Waals surface area contributed by atoms with Crippen molar-refractivity contribution in [1.29, 1.82) is 0 Å². The highest BCUT2D eigenvalue weighted by Gasteiger charge is 2.17.